The van der Waals surface area contributed by atoms with Crippen LogP contribution >= 0.6 is 38.9 Å². The summed E-state index contributed by atoms with van der Waals surface area (Å²) in [6, 6.07) is 1.90. The van der Waals surface area contributed by atoms with Crippen molar-refractivity contribution in [2.24, 2.45) is 5.92 Å². The van der Waals surface area contributed by atoms with E-state index in [1.54, 1.807) is 0 Å². The van der Waals surface area contributed by atoms with Crippen LogP contribution in [-0.4, -0.2) is 17.3 Å². The van der Waals surface area contributed by atoms with E-state index in [2.05, 4.69) is 28.2 Å². The van der Waals surface area contributed by atoms with Gasteiger partial charge in [-0.25, -0.2) is 0 Å². The summed E-state index contributed by atoms with van der Waals surface area (Å²) in [4.78, 5) is 13.0. The molecule has 1 amide bonds. The van der Waals surface area contributed by atoms with E-state index in [0.717, 1.165) is 28.6 Å². The zero-order valence-electron chi connectivity index (χ0n) is 10.3. The number of carbonyl (C=O) groups excluding carboxylic acids is 1. The molecule has 1 heterocycles. The van der Waals surface area contributed by atoms with Crippen molar-refractivity contribution in [3.63, 3.8) is 0 Å². The lowest BCUT2D eigenvalue weighted by Gasteiger charge is -2.39. The van der Waals surface area contributed by atoms with Gasteiger partial charge in [-0.3, -0.25) is 4.79 Å². The Morgan fingerprint density at radius 3 is 3.06 bits per heavy atom. The highest BCUT2D eigenvalue weighted by Crippen LogP contribution is 2.34. The number of halogens is 2. The van der Waals surface area contributed by atoms with Gasteiger partial charge in [0.25, 0.3) is 5.91 Å². The highest BCUT2D eigenvalue weighted by atomic mass is 79.9. The minimum atomic E-state index is -0.222. The Balaban J connectivity index is 2.11. The van der Waals surface area contributed by atoms with Crippen LogP contribution in [0.15, 0.2) is 15.9 Å². The van der Waals surface area contributed by atoms with Gasteiger partial charge in [0, 0.05) is 10.4 Å². The SMILES string of the molecule is CC1CCCC(CCl)(NC(=O)c2sccc2Br)C1. The van der Waals surface area contributed by atoms with Crippen molar-refractivity contribution in [2.45, 2.75) is 38.1 Å². The molecule has 18 heavy (non-hydrogen) atoms. The van der Waals surface area contributed by atoms with Gasteiger partial charge < -0.3 is 5.32 Å². The van der Waals surface area contributed by atoms with E-state index in [1.807, 2.05) is 11.4 Å². The van der Waals surface area contributed by atoms with Crippen molar-refractivity contribution in [3.8, 4) is 0 Å². The molecule has 2 atom stereocenters. The highest BCUT2D eigenvalue weighted by molar-refractivity contribution is 9.10. The van der Waals surface area contributed by atoms with Gasteiger partial charge in [0.1, 0.15) is 4.88 Å². The summed E-state index contributed by atoms with van der Waals surface area (Å²) < 4.78 is 0.860. The zero-order chi connectivity index (χ0) is 13.2. The average molecular weight is 351 g/mol. The summed E-state index contributed by atoms with van der Waals surface area (Å²) in [6.45, 7) is 2.23. The lowest BCUT2D eigenvalue weighted by molar-refractivity contribution is 0.0871. The number of rotatable bonds is 3. The predicted octanol–water partition coefficient (Wildman–Crippen LogP) is 4.43. The van der Waals surface area contributed by atoms with E-state index in [0.29, 0.717) is 11.8 Å². The van der Waals surface area contributed by atoms with Gasteiger partial charge in [0.05, 0.1) is 5.54 Å². The molecule has 100 valence electrons. The second kappa shape index (κ2) is 5.93. The van der Waals surface area contributed by atoms with Crippen molar-refractivity contribution in [1.82, 2.24) is 5.32 Å². The third-order valence-corrected chi connectivity index (χ3v) is 5.90. The normalized spacial score (nSPS) is 28.1. The zero-order valence-corrected chi connectivity index (χ0v) is 13.5. The molecule has 2 rings (SSSR count). The van der Waals surface area contributed by atoms with Gasteiger partial charge in [0.2, 0.25) is 0 Å². The van der Waals surface area contributed by atoms with Gasteiger partial charge >= 0.3 is 0 Å². The molecule has 0 saturated heterocycles. The summed E-state index contributed by atoms with van der Waals surface area (Å²) in [6.07, 6.45) is 4.33. The van der Waals surface area contributed by atoms with Gasteiger partial charge in [0.15, 0.2) is 0 Å². The molecule has 0 spiro atoms. The first kappa shape index (κ1) is 14.4. The number of hydrogen-bond donors (Lipinski definition) is 1. The minimum Gasteiger partial charge on any atom is -0.345 e. The second-order valence-corrected chi connectivity index (χ2v) is 7.20. The fourth-order valence-electron chi connectivity index (χ4n) is 2.68. The monoisotopic (exact) mass is 349 g/mol. The summed E-state index contributed by atoms with van der Waals surface area (Å²) >= 11 is 11.0. The average Bonchev–Trinajstić information content (AvgIpc) is 2.75. The van der Waals surface area contributed by atoms with Crippen molar-refractivity contribution < 1.29 is 4.79 Å². The van der Waals surface area contributed by atoms with Crippen molar-refractivity contribution in [3.05, 3.63) is 20.8 Å². The highest BCUT2D eigenvalue weighted by Gasteiger charge is 2.36. The Morgan fingerprint density at radius 1 is 1.72 bits per heavy atom. The number of amides is 1. The molecule has 0 aliphatic heterocycles. The van der Waals surface area contributed by atoms with Gasteiger partial charge in [-0.15, -0.1) is 22.9 Å². The van der Waals surface area contributed by atoms with E-state index in [1.165, 1.54) is 17.8 Å². The van der Waals surface area contributed by atoms with Crippen LogP contribution in [0.3, 0.4) is 0 Å². The molecule has 1 aromatic heterocycles. The maximum Gasteiger partial charge on any atom is 0.262 e. The van der Waals surface area contributed by atoms with Crippen LogP contribution in [-0.2, 0) is 0 Å². The largest absolute Gasteiger partial charge is 0.345 e. The van der Waals surface area contributed by atoms with Crippen LogP contribution < -0.4 is 5.32 Å². The lowest BCUT2D eigenvalue weighted by atomic mass is 9.77. The number of thiophene rings is 1. The summed E-state index contributed by atoms with van der Waals surface area (Å²) in [5.41, 5.74) is -0.222. The fraction of sp³-hybridized carbons (Fsp3) is 0.615. The Morgan fingerprint density at radius 2 is 2.50 bits per heavy atom. The molecule has 0 aromatic carbocycles. The molecule has 1 aliphatic carbocycles. The quantitative estimate of drug-likeness (QED) is 0.803. The molecule has 0 radical (unpaired) electrons. The summed E-state index contributed by atoms with van der Waals surface area (Å²) in [5.74, 6) is 1.11. The van der Waals surface area contributed by atoms with Gasteiger partial charge in [-0.05, 0) is 46.1 Å². The van der Waals surface area contributed by atoms with Crippen LogP contribution in [0.4, 0.5) is 0 Å². The Hall–Kier alpha value is -0.0600. The lowest BCUT2D eigenvalue weighted by Crippen LogP contribution is -2.52. The third-order valence-electron chi connectivity index (χ3n) is 3.55. The fourth-order valence-corrected chi connectivity index (χ4v) is 4.44. The first-order chi connectivity index (χ1) is 8.56. The molecule has 1 saturated carbocycles. The Labute approximate surface area is 125 Å². The number of carbonyl (C=O) groups is 1. The topological polar surface area (TPSA) is 29.1 Å². The standard InChI is InChI=1S/C13H17BrClNOS/c1-9-3-2-5-13(7-9,8-15)16-12(17)11-10(14)4-6-18-11/h4,6,9H,2-3,5,7-8H2,1H3,(H,16,17). The molecule has 5 heteroatoms. The minimum absolute atomic E-state index is 0.00775. The maximum absolute atomic E-state index is 12.3. The molecule has 1 aromatic rings. The van der Waals surface area contributed by atoms with Crippen LogP contribution in [0.25, 0.3) is 0 Å². The van der Waals surface area contributed by atoms with Crippen LogP contribution in [0.1, 0.15) is 42.3 Å². The molecule has 1 N–H and O–H groups in total. The smallest absolute Gasteiger partial charge is 0.262 e. The first-order valence-corrected chi connectivity index (χ1v) is 8.38. The second-order valence-electron chi connectivity index (χ2n) is 5.17. The Kier molecular flexibility index (Phi) is 4.73. The molecular weight excluding hydrogens is 334 g/mol. The van der Waals surface area contributed by atoms with Crippen molar-refractivity contribution in [2.75, 3.05) is 5.88 Å². The van der Waals surface area contributed by atoms with Crippen LogP contribution in [0.2, 0.25) is 0 Å². The predicted molar refractivity (Wildman–Crippen MR) is 80.6 cm³/mol. The van der Waals surface area contributed by atoms with Crippen molar-refractivity contribution in [1.29, 1.82) is 0 Å². The molecular formula is C13H17BrClNOS. The van der Waals surface area contributed by atoms with Crippen LogP contribution in [0, 0.1) is 5.92 Å². The maximum atomic E-state index is 12.3. The molecule has 2 unspecified atom stereocenters. The molecule has 1 fully saturated rings. The molecule has 2 nitrogen and oxygen atoms in total. The number of hydrogen-bond acceptors (Lipinski definition) is 2. The van der Waals surface area contributed by atoms with E-state index in [-0.39, 0.29) is 11.4 Å². The third kappa shape index (κ3) is 3.09. The van der Waals surface area contributed by atoms with Gasteiger partial charge in [-0.2, -0.15) is 0 Å². The van der Waals surface area contributed by atoms with Crippen molar-refractivity contribution >= 4 is 44.8 Å². The van der Waals surface area contributed by atoms with E-state index in [4.69, 9.17) is 11.6 Å². The number of alkyl halides is 1. The number of nitrogens with one attached hydrogen (secondary N) is 1. The van der Waals surface area contributed by atoms with E-state index < -0.39 is 0 Å². The summed E-state index contributed by atoms with van der Waals surface area (Å²) in [7, 11) is 0. The first-order valence-electron chi connectivity index (χ1n) is 6.18. The Bertz CT molecular complexity index is 436. The summed E-state index contributed by atoms with van der Waals surface area (Å²) in [5, 5.41) is 5.08. The molecule has 1 aliphatic rings. The van der Waals surface area contributed by atoms with Gasteiger partial charge in [-0.1, -0.05) is 19.8 Å². The van der Waals surface area contributed by atoms with Crippen LogP contribution in [0.5, 0.6) is 0 Å². The van der Waals surface area contributed by atoms with E-state index in [9.17, 15) is 4.79 Å². The molecule has 0 bridgehead atoms. The van der Waals surface area contributed by atoms with E-state index >= 15 is 0 Å².